The summed E-state index contributed by atoms with van der Waals surface area (Å²) < 4.78 is 64.3. The van der Waals surface area contributed by atoms with Crippen LogP contribution in [0, 0.1) is 5.92 Å². The topological polar surface area (TPSA) is 104 Å². The molecule has 0 spiro atoms. The van der Waals surface area contributed by atoms with Crippen LogP contribution < -0.4 is 10.3 Å². The number of halogens is 3. The van der Waals surface area contributed by atoms with Gasteiger partial charge in [0.05, 0.1) is 16.3 Å². The molecule has 2 heterocycles. The number of carbonyl (C=O) groups excluding carboxylic acids is 1. The summed E-state index contributed by atoms with van der Waals surface area (Å²) in [5.41, 5.74) is 2.74. The summed E-state index contributed by atoms with van der Waals surface area (Å²) >= 11 is 0. The minimum Gasteiger partial charge on any atom is -0.296 e. The fraction of sp³-hybridized carbons (Fsp3) is 0.375. The standard InChI is InChI=1S/C16H16F3N5O3S/c1-9(2)10-7-13(21-20-10)22-23-14-15(25)24(8-16(17,18)19)11-5-3-4-6-12(11)28(14,26)27/h3-6,9H,7-8H2,1-2H3,(H,21,22). The number of amides is 1. The van der Waals surface area contributed by atoms with Gasteiger partial charge < -0.3 is 0 Å². The molecule has 2 aliphatic heterocycles. The Morgan fingerprint density at radius 1 is 1.25 bits per heavy atom. The lowest BCUT2D eigenvalue weighted by atomic mass is 10.1. The molecule has 2 aliphatic rings. The molecule has 1 aromatic carbocycles. The predicted molar refractivity (Wildman–Crippen MR) is 96.9 cm³/mol. The van der Waals surface area contributed by atoms with E-state index in [-0.39, 0.29) is 23.9 Å². The fourth-order valence-corrected chi connectivity index (χ4v) is 4.08. The van der Waals surface area contributed by atoms with Crippen molar-refractivity contribution in [1.29, 1.82) is 0 Å². The van der Waals surface area contributed by atoms with Crippen molar-refractivity contribution in [2.24, 2.45) is 21.2 Å². The maximum Gasteiger partial charge on any atom is 0.406 e. The summed E-state index contributed by atoms with van der Waals surface area (Å²) in [4.78, 5) is 12.5. The highest BCUT2D eigenvalue weighted by Crippen LogP contribution is 2.34. The Kier molecular flexibility index (Phi) is 5.00. The second-order valence-electron chi connectivity index (χ2n) is 6.48. The van der Waals surface area contributed by atoms with Crippen molar-refractivity contribution in [3.8, 4) is 0 Å². The van der Waals surface area contributed by atoms with Crippen molar-refractivity contribution >= 4 is 38.0 Å². The molecule has 3 rings (SSSR count). The van der Waals surface area contributed by atoms with Gasteiger partial charge >= 0.3 is 6.18 Å². The number of nitrogens with zero attached hydrogens (tertiary/aromatic N) is 4. The maximum atomic E-state index is 12.9. The Bertz CT molecular complexity index is 1010. The summed E-state index contributed by atoms with van der Waals surface area (Å²) in [6.07, 6.45) is -4.45. The summed E-state index contributed by atoms with van der Waals surface area (Å²) in [5, 5.41) is 10.3. The maximum absolute atomic E-state index is 12.9. The lowest BCUT2D eigenvalue weighted by molar-refractivity contribution is -0.129. The lowest BCUT2D eigenvalue weighted by Crippen LogP contribution is -2.49. The Morgan fingerprint density at radius 2 is 1.93 bits per heavy atom. The van der Waals surface area contributed by atoms with Crippen LogP contribution in [0.4, 0.5) is 18.9 Å². The van der Waals surface area contributed by atoms with E-state index in [0.717, 1.165) is 17.8 Å². The molecule has 0 aromatic heterocycles. The number of fused-ring (bicyclic) bond motifs is 1. The highest BCUT2D eigenvalue weighted by molar-refractivity contribution is 8.08. The lowest BCUT2D eigenvalue weighted by Gasteiger charge is -2.30. The third-order valence-corrected chi connectivity index (χ3v) is 5.77. The Morgan fingerprint density at radius 3 is 2.54 bits per heavy atom. The van der Waals surface area contributed by atoms with Crippen LogP contribution in [0.2, 0.25) is 0 Å². The van der Waals surface area contributed by atoms with Gasteiger partial charge in [-0.1, -0.05) is 26.0 Å². The molecule has 0 unspecified atom stereocenters. The molecule has 12 heteroatoms. The second kappa shape index (κ2) is 7.00. The number of alkyl halides is 3. The van der Waals surface area contributed by atoms with Crippen molar-refractivity contribution in [2.75, 3.05) is 11.4 Å². The summed E-state index contributed by atoms with van der Waals surface area (Å²) in [6, 6.07) is 4.98. The Balaban J connectivity index is 1.97. The number of hydrogen-bond acceptors (Lipinski definition) is 7. The van der Waals surface area contributed by atoms with Gasteiger partial charge in [-0.2, -0.15) is 23.4 Å². The molecule has 1 amide bonds. The molecule has 0 atom stereocenters. The van der Waals surface area contributed by atoms with Crippen LogP contribution in [-0.4, -0.2) is 43.6 Å². The number of rotatable bonds is 3. The molecule has 0 radical (unpaired) electrons. The molecule has 28 heavy (non-hydrogen) atoms. The Hall–Kier alpha value is -2.76. The average molecular weight is 415 g/mol. The van der Waals surface area contributed by atoms with Crippen molar-refractivity contribution in [3.05, 3.63) is 24.3 Å². The van der Waals surface area contributed by atoms with E-state index < -0.39 is 38.4 Å². The largest absolute Gasteiger partial charge is 0.406 e. The molecule has 150 valence electrons. The van der Waals surface area contributed by atoms with Gasteiger partial charge in [-0.25, -0.2) is 8.42 Å². The van der Waals surface area contributed by atoms with Crippen molar-refractivity contribution in [1.82, 2.24) is 5.43 Å². The highest BCUT2D eigenvalue weighted by atomic mass is 32.2. The summed E-state index contributed by atoms with van der Waals surface area (Å²) in [6.45, 7) is 2.15. The van der Waals surface area contributed by atoms with Crippen LogP contribution in [-0.2, 0) is 14.6 Å². The summed E-state index contributed by atoms with van der Waals surface area (Å²) in [7, 11) is -4.41. The van der Waals surface area contributed by atoms with Crippen molar-refractivity contribution in [3.63, 3.8) is 0 Å². The first-order valence-electron chi connectivity index (χ1n) is 8.20. The van der Waals surface area contributed by atoms with E-state index in [0.29, 0.717) is 4.90 Å². The monoisotopic (exact) mass is 415 g/mol. The van der Waals surface area contributed by atoms with Crippen LogP contribution >= 0.6 is 0 Å². The number of carbonyl (C=O) groups is 1. The first kappa shape index (κ1) is 20.0. The van der Waals surface area contributed by atoms with Gasteiger partial charge in [0.1, 0.15) is 6.54 Å². The van der Waals surface area contributed by atoms with E-state index in [1.807, 2.05) is 13.8 Å². The number of nitrogens with one attached hydrogen (secondary N) is 1. The third kappa shape index (κ3) is 3.77. The molecule has 0 fully saturated rings. The number of anilines is 1. The molecule has 8 nitrogen and oxygen atoms in total. The van der Waals surface area contributed by atoms with E-state index in [1.165, 1.54) is 12.1 Å². The molecule has 0 aliphatic carbocycles. The number of hydrogen-bond donors (Lipinski definition) is 1. The quantitative estimate of drug-likeness (QED) is 0.764. The van der Waals surface area contributed by atoms with Crippen LogP contribution in [0.5, 0.6) is 0 Å². The molecule has 0 saturated carbocycles. The molecule has 1 aromatic rings. The molecule has 1 N–H and O–H groups in total. The fourth-order valence-electron chi connectivity index (χ4n) is 2.66. The zero-order chi connectivity index (χ0) is 20.7. The minimum absolute atomic E-state index is 0.102. The zero-order valence-electron chi connectivity index (χ0n) is 14.9. The van der Waals surface area contributed by atoms with Gasteiger partial charge in [0.2, 0.25) is 14.9 Å². The van der Waals surface area contributed by atoms with E-state index in [9.17, 15) is 26.4 Å². The molecule has 0 saturated heterocycles. The first-order valence-corrected chi connectivity index (χ1v) is 9.69. The Labute approximate surface area is 158 Å². The normalized spacial score (nSPS) is 20.3. The van der Waals surface area contributed by atoms with Crippen molar-refractivity contribution < 1.29 is 26.4 Å². The van der Waals surface area contributed by atoms with Gasteiger partial charge in [-0.05, 0) is 18.1 Å². The number of benzene rings is 1. The van der Waals surface area contributed by atoms with Gasteiger partial charge in [0.15, 0.2) is 5.84 Å². The van der Waals surface area contributed by atoms with E-state index in [1.54, 1.807) is 0 Å². The van der Waals surface area contributed by atoms with Crippen LogP contribution in [0.15, 0.2) is 44.5 Å². The number of hydrazone groups is 1. The zero-order valence-corrected chi connectivity index (χ0v) is 15.7. The molecular formula is C16H16F3N5O3S. The van der Waals surface area contributed by atoms with Gasteiger partial charge in [-0.3, -0.25) is 15.1 Å². The molecular weight excluding hydrogens is 399 g/mol. The van der Waals surface area contributed by atoms with Gasteiger partial charge in [0, 0.05) is 6.42 Å². The highest BCUT2D eigenvalue weighted by Gasteiger charge is 2.45. The SMILES string of the molecule is CC(C)C1=NN=C(NN=C2C(=O)N(CC(F)(F)F)c3ccccc3S2(=O)=O)C1. The van der Waals surface area contributed by atoms with Gasteiger partial charge in [0.25, 0.3) is 5.91 Å². The van der Waals surface area contributed by atoms with Crippen molar-refractivity contribution in [2.45, 2.75) is 31.3 Å². The minimum atomic E-state index is -4.72. The predicted octanol–water partition coefficient (Wildman–Crippen LogP) is 2.09. The van der Waals surface area contributed by atoms with Crippen LogP contribution in [0.25, 0.3) is 0 Å². The van der Waals surface area contributed by atoms with E-state index >= 15 is 0 Å². The van der Waals surface area contributed by atoms with Crippen LogP contribution in [0.3, 0.4) is 0 Å². The van der Waals surface area contributed by atoms with E-state index in [4.69, 9.17) is 0 Å². The summed E-state index contributed by atoms with van der Waals surface area (Å²) in [5.74, 6) is -1.07. The number of amidine groups is 1. The second-order valence-corrected chi connectivity index (χ2v) is 8.31. The third-order valence-electron chi connectivity index (χ3n) is 4.07. The van der Waals surface area contributed by atoms with Crippen LogP contribution in [0.1, 0.15) is 20.3 Å². The number of para-hydroxylation sites is 1. The smallest absolute Gasteiger partial charge is 0.296 e. The number of sulfone groups is 1. The first-order chi connectivity index (χ1) is 13.0. The molecule has 0 bridgehead atoms. The van der Waals surface area contributed by atoms with Gasteiger partial charge in [-0.15, -0.1) is 5.10 Å². The average Bonchev–Trinajstić information content (AvgIpc) is 3.07. The van der Waals surface area contributed by atoms with E-state index in [2.05, 4.69) is 20.7 Å².